The van der Waals surface area contributed by atoms with E-state index in [1.807, 2.05) is 0 Å². The fourth-order valence-electron chi connectivity index (χ4n) is 4.02. The molecule has 1 aliphatic carbocycles. The highest BCUT2D eigenvalue weighted by Crippen LogP contribution is 2.36. The van der Waals surface area contributed by atoms with Gasteiger partial charge >= 0.3 is 0 Å². The summed E-state index contributed by atoms with van der Waals surface area (Å²) in [4.78, 5) is 27.5. The van der Waals surface area contributed by atoms with E-state index in [0.717, 1.165) is 43.9 Å². The Labute approximate surface area is 202 Å². The van der Waals surface area contributed by atoms with Crippen molar-refractivity contribution in [2.45, 2.75) is 54.7 Å². The Morgan fingerprint density at radius 3 is 2.39 bits per heavy atom. The molecule has 1 saturated carbocycles. The van der Waals surface area contributed by atoms with Crippen LogP contribution in [0.2, 0.25) is 5.02 Å². The highest BCUT2D eigenvalue weighted by molar-refractivity contribution is 8.16. The summed E-state index contributed by atoms with van der Waals surface area (Å²) in [7, 11) is -3.98. The number of hydrogen-bond acceptors (Lipinski definition) is 5. The molecule has 0 unspecified atom stereocenters. The largest absolute Gasteiger partial charge is 0.326 e. The van der Waals surface area contributed by atoms with Gasteiger partial charge in [0.1, 0.15) is 5.25 Å². The van der Waals surface area contributed by atoms with Crippen LogP contribution >= 0.6 is 23.4 Å². The molecule has 1 saturated heterocycles. The number of halogens is 1. The molecule has 1 heterocycles. The molecule has 0 radical (unpaired) electrons. The maximum atomic E-state index is 13.3. The van der Waals surface area contributed by atoms with Crippen LogP contribution < -0.4 is 5.32 Å². The Balaban J connectivity index is 1.56. The van der Waals surface area contributed by atoms with Crippen LogP contribution in [0.5, 0.6) is 0 Å². The van der Waals surface area contributed by atoms with E-state index in [-0.39, 0.29) is 34.3 Å². The van der Waals surface area contributed by atoms with Crippen molar-refractivity contribution in [1.29, 1.82) is 0 Å². The van der Waals surface area contributed by atoms with Crippen LogP contribution in [0.4, 0.5) is 5.69 Å². The van der Waals surface area contributed by atoms with Gasteiger partial charge in [0, 0.05) is 23.2 Å². The summed E-state index contributed by atoms with van der Waals surface area (Å²) in [5.41, 5.74) is 0.574. The first-order chi connectivity index (χ1) is 15.8. The first-order valence-corrected chi connectivity index (χ1v) is 13.5. The Kier molecular flexibility index (Phi) is 7.41. The van der Waals surface area contributed by atoms with Crippen LogP contribution in [0.3, 0.4) is 0 Å². The SMILES string of the molecule is O=C(C[C@H]1SC(=NS(=O)(=O)c2ccccc2)N(C2CCCCC2)C1=O)Nc1ccc(Cl)cc1. The molecule has 2 fully saturated rings. The molecule has 4 rings (SSSR count). The molecule has 33 heavy (non-hydrogen) atoms. The van der Waals surface area contributed by atoms with Gasteiger partial charge in [-0.1, -0.05) is 60.8 Å². The number of sulfonamides is 1. The third-order valence-electron chi connectivity index (χ3n) is 5.64. The van der Waals surface area contributed by atoms with Crippen molar-refractivity contribution in [2.75, 3.05) is 5.32 Å². The molecule has 1 atom stereocenters. The Hall–Kier alpha value is -2.36. The molecule has 1 aliphatic heterocycles. The number of amides is 2. The summed E-state index contributed by atoms with van der Waals surface area (Å²) in [6.07, 6.45) is 4.53. The quantitative estimate of drug-likeness (QED) is 0.614. The van der Waals surface area contributed by atoms with E-state index in [4.69, 9.17) is 11.6 Å². The first kappa shape index (κ1) is 23.8. The monoisotopic (exact) mass is 505 g/mol. The van der Waals surface area contributed by atoms with E-state index >= 15 is 0 Å². The second-order valence-corrected chi connectivity index (χ2v) is 11.2. The Morgan fingerprint density at radius 1 is 1.06 bits per heavy atom. The first-order valence-electron chi connectivity index (χ1n) is 10.8. The number of thioether (sulfide) groups is 1. The van der Waals surface area contributed by atoms with Crippen molar-refractivity contribution in [2.24, 2.45) is 4.40 Å². The fourth-order valence-corrected chi connectivity index (χ4v) is 6.56. The zero-order valence-corrected chi connectivity index (χ0v) is 20.2. The van der Waals surface area contributed by atoms with Crippen LogP contribution in [0.15, 0.2) is 63.9 Å². The lowest BCUT2D eigenvalue weighted by atomic mass is 9.94. The molecule has 7 nitrogen and oxygen atoms in total. The van der Waals surface area contributed by atoms with Gasteiger partial charge in [0.25, 0.3) is 10.0 Å². The average molecular weight is 506 g/mol. The Morgan fingerprint density at radius 2 is 1.73 bits per heavy atom. The van der Waals surface area contributed by atoms with Crippen LogP contribution in [0.1, 0.15) is 38.5 Å². The highest BCUT2D eigenvalue weighted by Gasteiger charge is 2.43. The molecule has 2 aromatic carbocycles. The number of benzene rings is 2. The summed E-state index contributed by atoms with van der Waals surface area (Å²) >= 11 is 6.93. The molecule has 174 valence electrons. The van der Waals surface area contributed by atoms with Crippen molar-refractivity contribution >= 4 is 56.1 Å². The number of hydrogen-bond donors (Lipinski definition) is 1. The van der Waals surface area contributed by atoms with Gasteiger partial charge in [-0.15, -0.1) is 4.40 Å². The van der Waals surface area contributed by atoms with E-state index in [9.17, 15) is 18.0 Å². The molecule has 10 heteroatoms. The van der Waals surface area contributed by atoms with Crippen LogP contribution in [0, 0.1) is 0 Å². The van der Waals surface area contributed by atoms with Crippen molar-refractivity contribution < 1.29 is 18.0 Å². The van der Waals surface area contributed by atoms with Gasteiger partial charge in [-0.05, 0) is 49.2 Å². The molecule has 2 aliphatic rings. The maximum Gasteiger partial charge on any atom is 0.284 e. The van der Waals surface area contributed by atoms with Crippen LogP contribution in [-0.4, -0.2) is 41.6 Å². The second kappa shape index (κ2) is 10.3. The molecule has 1 N–H and O–H groups in total. The molecular weight excluding hydrogens is 482 g/mol. The minimum Gasteiger partial charge on any atom is -0.326 e. The fraction of sp³-hybridized carbons (Fsp3) is 0.348. The number of nitrogens with zero attached hydrogens (tertiary/aromatic N) is 2. The third-order valence-corrected chi connectivity index (χ3v) is 8.44. The van der Waals surface area contributed by atoms with Crippen molar-refractivity contribution in [1.82, 2.24) is 4.90 Å². The number of carbonyl (C=O) groups excluding carboxylic acids is 2. The summed E-state index contributed by atoms with van der Waals surface area (Å²) < 4.78 is 29.8. The topological polar surface area (TPSA) is 95.9 Å². The zero-order valence-electron chi connectivity index (χ0n) is 17.8. The number of amidine groups is 1. The minimum absolute atomic E-state index is 0.0677. The summed E-state index contributed by atoms with van der Waals surface area (Å²) in [6.45, 7) is 0. The second-order valence-electron chi connectivity index (χ2n) is 8.03. The van der Waals surface area contributed by atoms with Gasteiger partial charge < -0.3 is 5.32 Å². The predicted octanol–water partition coefficient (Wildman–Crippen LogP) is 4.69. The minimum atomic E-state index is -3.98. The molecule has 2 aromatic rings. The summed E-state index contributed by atoms with van der Waals surface area (Å²) in [5.74, 6) is -0.598. The van der Waals surface area contributed by atoms with Gasteiger partial charge in [-0.25, -0.2) is 0 Å². The lowest BCUT2D eigenvalue weighted by molar-refractivity contribution is -0.130. The number of rotatable bonds is 6. The van der Waals surface area contributed by atoms with E-state index in [1.54, 1.807) is 42.5 Å². The van der Waals surface area contributed by atoms with Gasteiger partial charge in [-0.3, -0.25) is 14.5 Å². The van der Waals surface area contributed by atoms with E-state index in [0.29, 0.717) is 10.7 Å². The van der Waals surface area contributed by atoms with Crippen molar-refractivity contribution in [3.8, 4) is 0 Å². The molecule has 0 aromatic heterocycles. The smallest absolute Gasteiger partial charge is 0.284 e. The zero-order chi connectivity index (χ0) is 23.4. The predicted molar refractivity (Wildman–Crippen MR) is 131 cm³/mol. The summed E-state index contributed by atoms with van der Waals surface area (Å²) in [5, 5.41) is 2.73. The molecular formula is C23H24ClN3O4S2. The van der Waals surface area contributed by atoms with Gasteiger partial charge in [0.05, 0.1) is 4.90 Å². The van der Waals surface area contributed by atoms with Gasteiger partial charge in [0.15, 0.2) is 5.17 Å². The lowest BCUT2D eigenvalue weighted by Gasteiger charge is -2.30. The normalized spacial score (nSPS) is 20.9. The Bertz CT molecular complexity index is 1150. The number of nitrogens with one attached hydrogen (secondary N) is 1. The van der Waals surface area contributed by atoms with Crippen LogP contribution in [0.25, 0.3) is 0 Å². The van der Waals surface area contributed by atoms with Crippen molar-refractivity contribution in [3.63, 3.8) is 0 Å². The lowest BCUT2D eigenvalue weighted by Crippen LogP contribution is -2.42. The highest BCUT2D eigenvalue weighted by atomic mass is 35.5. The maximum absolute atomic E-state index is 13.3. The number of carbonyl (C=O) groups is 2. The standard InChI is InChI=1S/C23H24ClN3O4S2/c24-16-11-13-17(14-12-16)25-21(28)15-20-22(29)27(18-7-3-1-4-8-18)23(32-20)26-33(30,31)19-9-5-2-6-10-19/h2,5-6,9-14,18,20H,1,3-4,7-8,15H2,(H,25,28)/t20-/m1/s1. The van der Waals surface area contributed by atoms with Gasteiger partial charge in [-0.2, -0.15) is 8.42 Å². The van der Waals surface area contributed by atoms with E-state index in [2.05, 4.69) is 9.71 Å². The van der Waals surface area contributed by atoms with Crippen molar-refractivity contribution in [3.05, 3.63) is 59.6 Å². The third kappa shape index (κ3) is 5.77. The summed E-state index contributed by atoms with van der Waals surface area (Å²) in [6, 6.07) is 14.5. The molecule has 2 amide bonds. The average Bonchev–Trinajstić information content (AvgIpc) is 3.10. The van der Waals surface area contributed by atoms with E-state index < -0.39 is 15.3 Å². The van der Waals surface area contributed by atoms with Crippen LogP contribution in [-0.2, 0) is 19.6 Å². The van der Waals surface area contributed by atoms with E-state index in [1.165, 1.54) is 17.0 Å². The number of anilines is 1. The van der Waals surface area contributed by atoms with Gasteiger partial charge in [0.2, 0.25) is 11.8 Å². The molecule has 0 spiro atoms. The molecule has 0 bridgehead atoms.